The van der Waals surface area contributed by atoms with E-state index in [4.69, 9.17) is 42.0 Å². The maximum Gasteiger partial charge on any atom is 0.332 e. The van der Waals surface area contributed by atoms with Crippen LogP contribution >= 0.6 is 0 Å². The lowest BCUT2D eigenvalue weighted by Crippen LogP contribution is -2.13. The number of rotatable bonds is 11. The zero-order chi connectivity index (χ0) is 23.2. The predicted molar refractivity (Wildman–Crippen MR) is 119 cm³/mol. The number of hydrogen-bond acceptors (Lipinski definition) is 6. The van der Waals surface area contributed by atoms with Crippen molar-refractivity contribution in [2.75, 3.05) is 13.2 Å². The summed E-state index contributed by atoms with van der Waals surface area (Å²) >= 11 is 0. The van der Waals surface area contributed by atoms with Crippen LogP contribution < -0.4 is 20.9 Å². The van der Waals surface area contributed by atoms with Gasteiger partial charge in [0.05, 0.1) is 13.2 Å². The minimum atomic E-state index is -1.23. The molecule has 0 aliphatic carbocycles. The highest BCUT2D eigenvalue weighted by molar-refractivity contribution is 5.95. The number of hydrogen-bond donors (Lipinski definition) is 6. The third kappa shape index (κ3) is 10.7. The van der Waals surface area contributed by atoms with Crippen molar-refractivity contribution in [1.82, 2.24) is 0 Å². The van der Waals surface area contributed by atoms with E-state index in [0.29, 0.717) is 24.3 Å². The van der Waals surface area contributed by atoms with Gasteiger partial charge in [0.1, 0.15) is 29.3 Å². The first kappa shape index (κ1) is 25.4. The van der Waals surface area contributed by atoms with E-state index in [1.165, 1.54) is 6.92 Å². The summed E-state index contributed by atoms with van der Waals surface area (Å²) < 4.78 is 11.3. The average molecular weight is 431 g/mol. The maximum absolute atomic E-state index is 9.45. The molecule has 9 nitrogen and oxygen atoms in total. The predicted octanol–water partition coefficient (Wildman–Crippen LogP) is 2.33. The molecule has 1 atom stereocenters. The van der Waals surface area contributed by atoms with Gasteiger partial charge in [0.15, 0.2) is 0 Å². The fourth-order valence-electron chi connectivity index (χ4n) is 2.22. The van der Waals surface area contributed by atoms with Crippen molar-refractivity contribution >= 4 is 17.6 Å². The Balaban J connectivity index is 0.000000703. The van der Waals surface area contributed by atoms with Crippen LogP contribution in [0.4, 0.5) is 0 Å². The molecule has 2 aromatic carbocycles. The topological polar surface area (TPSA) is 176 Å². The van der Waals surface area contributed by atoms with Gasteiger partial charge in [-0.2, -0.15) is 0 Å². The molecule has 0 aliphatic heterocycles. The van der Waals surface area contributed by atoms with Crippen LogP contribution in [0, 0.1) is 10.8 Å². The molecule has 0 saturated carbocycles. The third-order valence-corrected chi connectivity index (χ3v) is 4.01. The Morgan fingerprint density at radius 3 is 1.42 bits per heavy atom. The Hall–Kier alpha value is -3.59. The number of carbonyl (C=O) groups is 1. The van der Waals surface area contributed by atoms with Crippen molar-refractivity contribution in [3.8, 4) is 11.5 Å². The highest BCUT2D eigenvalue weighted by Crippen LogP contribution is 2.14. The number of nitrogen functional groups attached to an aromatic ring is 2. The molecule has 0 saturated heterocycles. The van der Waals surface area contributed by atoms with Gasteiger partial charge in [0.2, 0.25) is 0 Å². The van der Waals surface area contributed by atoms with E-state index in [1.54, 1.807) is 24.3 Å². The molecule has 0 radical (unpaired) electrons. The van der Waals surface area contributed by atoms with Crippen LogP contribution in [-0.4, -0.2) is 47.2 Å². The maximum atomic E-state index is 9.45. The standard InChI is InChI=1S/C19H24N4O2.C3H6O3/c20-18(21)14-4-8-16(9-5-14)24-12-2-1-3-13-25-17-10-6-15(7-11-17)19(22)23;1-2(4)3(5)6/h4-11H,1-3,12-13H2,(H3,20,21)(H3,22,23);2,4H,1H3,(H,5,6). The van der Waals surface area contributed by atoms with Crippen LogP contribution in [0.25, 0.3) is 0 Å². The lowest BCUT2D eigenvalue weighted by atomic mass is 10.2. The van der Waals surface area contributed by atoms with E-state index in [-0.39, 0.29) is 11.7 Å². The summed E-state index contributed by atoms with van der Waals surface area (Å²) in [6.07, 6.45) is 1.67. The zero-order valence-corrected chi connectivity index (χ0v) is 17.5. The lowest BCUT2D eigenvalue weighted by molar-refractivity contribution is -0.145. The molecule has 0 amide bonds. The first-order valence-electron chi connectivity index (χ1n) is 9.76. The number of aliphatic carboxylic acids is 1. The molecule has 31 heavy (non-hydrogen) atoms. The van der Waals surface area contributed by atoms with E-state index in [0.717, 1.165) is 30.8 Å². The van der Waals surface area contributed by atoms with Crippen LogP contribution in [0.3, 0.4) is 0 Å². The van der Waals surface area contributed by atoms with E-state index < -0.39 is 12.1 Å². The zero-order valence-electron chi connectivity index (χ0n) is 17.5. The lowest BCUT2D eigenvalue weighted by Gasteiger charge is -2.08. The Morgan fingerprint density at radius 2 is 1.16 bits per heavy atom. The molecule has 0 aromatic heterocycles. The summed E-state index contributed by atoms with van der Waals surface area (Å²) in [6, 6.07) is 14.4. The molecule has 9 heteroatoms. The number of aliphatic hydroxyl groups is 1. The summed E-state index contributed by atoms with van der Waals surface area (Å²) in [5.41, 5.74) is 12.2. The number of nitrogens with one attached hydrogen (secondary N) is 2. The third-order valence-electron chi connectivity index (χ3n) is 4.01. The molecule has 2 rings (SSSR count). The molecular formula is C22H30N4O5. The van der Waals surface area contributed by atoms with Gasteiger partial charge in [-0.05, 0) is 74.7 Å². The monoisotopic (exact) mass is 430 g/mol. The van der Waals surface area contributed by atoms with Gasteiger partial charge < -0.3 is 31.2 Å². The number of unbranched alkanes of at least 4 members (excludes halogenated alkanes) is 2. The van der Waals surface area contributed by atoms with Gasteiger partial charge in [-0.3, -0.25) is 10.8 Å². The van der Waals surface area contributed by atoms with Crippen molar-refractivity contribution in [2.24, 2.45) is 11.5 Å². The number of ether oxygens (including phenoxy) is 2. The fourth-order valence-corrected chi connectivity index (χ4v) is 2.22. The Bertz CT molecular complexity index is 774. The minimum Gasteiger partial charge on any atom is -0.494 e. The summed E-state index contributed by atoms with van der Waals surface area (Å²) in [6.45, 7) is 2.49. The van der Waals surface area contributed by atoms with Crippen LogP contribution in [-0.2, 0) is 4.79 Å². The Kier molecular flexibility index (Phi) is 11.2. The number of carboxylic acids is 1. The summed E-state index contributed by atoms with van der Waals surface area (Å²) in [5.74, 6) is 0.499. The van der Waals surface area contributed by atoms with Crippen LogP contribution in [0.2, 0.25) is 0 Å². The first-order valence-corrected chi connectivity index (χ1v) is 9.76. The van der Waals surface area contributed by atoms with E-state index in [1.807, 2.05) is 24.3 Å². The molecule has 2 aromatic rings. The first-order chi connectivity index (χ1) is 14.7. The van der Waals surface area contributed by atoms with Crippen molar-refractivity contribution in [3.05, 3.63) is 59.7 Å². The molecule has 1 unspecified atom stereocenters. The van der Waals surface area contributed by atoms with Gasteiger partial charge in [-0.15, -0.1) is 0 Å². The highest BCUT2D eigenvalue weighted by Gasteiger charge is 2.02. The molecule has 0 spiro atoms. The highest BCUT2D eigenvalue weighted by atomic mass is 16.5. The Morgan fingerprint density at radius 1 is 0.839 bits per heavy atom. The summed E-state index contributed by atoms with van der Waals surface area (Å²) in [4.78, 5) is 9.45. The average Bonchev–Trinajstić information content (AvgIpc) is 2.74. The van der Waals surface area contributed by atoms with Crippen molar-refractivity contribution < 1.29 is 24.5 Å². The quantitative estimate of drug-likeness (QED) is 0.180. The number of amidine groups is 2. The number of nitrogens with two attached hydrogens (primary N) is 2. The van der Waals surface area contributed by atoms with Gasteiger partial charge in [0, 0.05) is 11.1 Å². The summed E-state index contributed by atoms with van der Waals surface area (Å²) in [5, 5.41) is 30.5. The van der Waals surface area contributed by atoms with Crippen molar-refractivity contribution in [3.63, 3.8) is 0 Å². The summed E-state index contributed by atoms with van der Waals surface area (Å²) in [7, 11) is 0. The fraction of sp³-hybridized carbons (Fsp3) is 0.318. The molecule has 0 fully saturated rings. The normalized spacial score (nSPS) is 10.9. The van der Waals surface area contributed by atoms with Crippen LogP contribution in [0.5, 0.6) is 11.5 Å². The molecule has 0 heterocycles. The number of aliphatic hydroxyl groups excluding tert-OH is 1. The number of benzene rings is 2. The van der Waals surface area contributed by atoms with E-state index in [9.17, 15) is 4.79 Å². The largest absolute Gasteiger partial charge is 0.494 e. The van der Waals surface area contributed by atoms with Gasteiger partial charge >= 0.3 is 5.97 Å². The second kappa shape index (κ2) is 13.6. The molecule has 168 valence electrons. The second-order valence-electron chi connectivity index (χ2n) is 6.65. The molecule has 0 bridgehead atoms. The van der Waals surface area contributed by atoms with Crippen LogP contribution in [0.1, 0.15) is 37.3 Å². The molecule has 8 N–H and O–H groups in total. The molecule has 0 aliphatic rings. The molecular weight excluding hydrogens is 400 g/mol. The minimum absolute atomic E-state index is 0.0579. The van der Waals surface area contributed by atoms with E-state index >= 15 is 0 Å². The van der Waals surface area contributed by atoms with Crippen LogP contribution in [0.15, 0.2) is 48.5 Å². The van der Waals surface area contributed by atoms with Crippen molar-refractivity contribution in [1.29, 1.82) is 10.8 Å². The smallest absolute Gasteiger partial charge is 0.332 e. The Labute approximate surface area is 181 Å². The van der Waals surface area contributed by atoms with E-state index in [2.05, 4.69) is 0 Å². The SMILES string of the molecule is CC(O)C(=O)O.N=C(N)c1ccc(OCCCCCOc2ccc(C(=N)N)cc2)cc1. The van der Waals surface area contributed by atoms with Gasteiger partial charge in [-0.25, -0.2) is 4.79 Å². The van der Waals surface area contributed by atoms with Gasteiger partial charge in [0.25, 0.3) is 0 Å². The van der Waals surface area contributed by atoms with Crippen molar-refractivity contribution in [2.45, 2.75) is 32.3 Å². The number of carboxylic acid groups (broad SMARTS) is 1. The second-order valence-corrected chi connectivity index (χ2v) is 6.65. The van der Waals surface area contributed by atoms with Gasteiger partial charge in [-0.1, -0.05) is 0 Å².